The summed E-state index contributed by atoms with van der Waals surface area (Å²) in [5.74, 6) is -0.599. The molecule has 1 N–H and O–H groups in total. The summed E-state index contributed by atoms with van der Waals surface area (Å²) < 4.78 is 10.2. The summed E-state index contributed by atoms with van der Waals surface area (Å²) in [6.07, 6.45) is 2.03. The Kier molecular flexibility index (Phi) is 7.82. The van der Waals surface area contributed by atoms with Crippen LogP contribution in [0.1, 0.15) is 38.4 Å². The fraction of sp³-hybridized carbons (Fsp3) is 0.370. The molecule has 0 spiro atoms. The second kappa shape index (κ2) is 11.2. The molecule has 1 amide bonds. The van der Waals surface area contributed by atoms with Gasteiger partial charge in [0.15, 0.2) is 17.8 Å². The van der Waals surface area contributed by atoms with Crippen LogP contribution in [-0.2, 0) is 4.74 Å². The van der Waals surface area contributed by atoms with E-state index >= 15 is 0 Å². The predicted octanol–water partition coefficient (Wildman–Crippen LogP) is 3.69. The summed E-state index contributed by atoms with van der Waals surface area (Å²) in [6, 6.07) is 13.6. The molecule has 0 bridgehead atoms. The molecule has 1 aliphatic rings. The molecular formula is C27H32N4O4. The number of aromatic nitrogens is 1. The summed E-state index contributed by atoms with van der Waals surface area (Å²) in [5.41, 5.74) is 4.92. The van der Waals surface area contributed by atoms with E-state index in [1.165, 1.54) is 30.3 Å². The van der Waals surface area contributed by atoms with Gasteiger partial charge in [-0.25, -0.2) is 9.78 Å². The number of nitrogens with zero attached hydrogens (tertiary/aromatic N) is 3. The summed E-state index contributed by atoms with van der Waals surface area (Å²) >= 11 is 0. The fourth-order valence-corrected chi connectivity index (χ4v) is 4.43. The topological polar surface area (TPSA) is 87.9 Å². The van der Waals surface area contributed by atoms with Crippen LogP contribution >= 0.6 is 0 Å². The molecular weight excluding hydrogens is 444 g/mol. The Morgan fingerprint density at radius 3 is 2.63 bits per heavy atom. The lowest BCUT2D eigenvalue weighted by molar-refractivity contribution is 0.0595. The maximum atomic E-state index is 12.9. The van der Waals surface area contributed by atoms with Crippen molar-refractivity contribution < 1.29 is 18.7 Å². The normalized spacial score (nSPS) is 14.1. The van der Waals surface area contributed by atoms with Crippen molar-refractivity contribution in [1.82, 2.24) is 15.2 Å². The average molecular weight is 477 g/mol. The van der Waals surface area contributed by atoms with E-state index in [-0.39, 0.29) is 17.4 Å². The number of aryl methyl sites for hydroxylation is 2. The lowest BCUT2D eigenvalue weighted by Gasteiger charge is -2.37. The molecule has 184 valence electrons. The highest BCUT2D eigenvalue weighted by molar-refractivity contribution is 6.03. The summed E-state index contributed by atoms with van der Waals surface area (Å²) in [4.78, 5) is 33.8. The lowest BCUT2D eigenvalue weighted by atomic mass is 10.0. The van der Waals surface area contributed by atoms with Crippen LogP contribution in [-0.4, -0.2) is 68.1 Å². The van der Waals surface area contributed by atoms with Crippen LogP contribution < -0.4 is 10.2 Å². The van der Waals surface area contributed by atoms with Gasteiger partial charge < -0.3 is 19.4 Å². The average Bonchev–Trinajstić information content (AvgIpc) is 3.38. The van der Waals surface area contributed by atoms with E-state index < -0.39 is 5.97 Å². The van der Waals surface area contributed by atoms with Crippen LogP contribution in [0, 0.1) is 13.8 Å². The van der Waals surface area contributed by atoms with Gasteiger partial charge in [0, 0.05) is 44.0 Å². The van der Waals surface area contributed by atoms with Crippen LogP contribution in [0.25, 0.3) is 11.3 Å². The van der Waals surface area contributed by atoms with Crippen LogP contribution in [0.2, 0.25) is 0 Å². The molecule has 0 radical (unpaired) electrons. The third-order valence-corrected chi connectivity index (χ3v) is 6.38. The van der Waals surface area contributed by atoms with Crippen LogP contribution in [0.5, 0.6) is 0 Å². The molecule has 1 aliphatic heterocycles. The minimum absolute atomic E-state index is 0.0488. The number of anilines is 1. The van der Waals surface area contributed by atoms with Crippen molar-refractivity contribution in [2.24, 2.45) is 0 Å². The monoisotopic (exact) mass is 476 g/mol. The number of benzene rings is 2. The molecule has 35 heavy (non-hydrogen) atoms. The second-order valence-electron chi connectivity index (χ2n) is 8.80. The first-order valence-corrected chi connectivity index (χ1v) is 11.9. The highest BCUT2D eigenvalue weighted by Gasteiger charge is 2.23. The Morgan fingerprint density at radius 1 is 1.09 bits per heavy atom. The van der Waals surface area contributed by atoms with Gasteiger partial charge in [-0.15, -0.1) is 0 Å². The first-order chi connectivity index (χ1) is 17.0. The Morgan fingerprint density at radius 2 is 1.86 bits per heavy atom. The highest BCUT2D eigenvalue weighted by atomic mass is 16.5. The molecule has 8 nitrogen and oxygen atoms in total. The number of carbonyl (C=O) groups excluding carboxylic acids is 2. The lowest BCUT2D eigenvalue weighted by Crippen LogP contribution is -2.47. The van der Waals surface area contributed by atoms with Gasteiger partial charge in [0.1, 0.15) is 0 Å². The molecule has 2 heterocycles. The molecule has 1 fully saturated rings. The van der Waals surface area contributed by atoms with Crippen molar-refractivity contribution in [3.05, 3.63) is 71.2 Å². The number of ether oxygens (including phenoxy) is 1. The molecule has 8 heteroatoms. The van der Waals surface area contributed by atoms with Gasteiger partial charge in [-0.3, -0.25) is 9.69 Å². The number of oxazole rings is 1. The first-order valence-electron chi connectivity index (χ1n) is 11.9. The SMILES string of the molecule is COC(=O)c1ncoc1-c1ccccc1C(=O)NCCCN1CCN(c2cc(C)ccc2C)CC1. The van der Waals surface area contributed by atoms with Crippen molar-refractivity contribution in [2.75, 3.05) is 51.3 Å². The molecule has 4 rings (SSSR count). The molecule has 0 aliphatic carbocycles. The third kappa shape index (κ3) is 5.71. The third-order valence-electron chi connectivity index (χ3n) is 6.38. The maximum Gasteiger partial charge on any atom is 0.360 e. The number of esters is 1. The quantitative estimate of drug-likeness (QED) is 0.392. The summed E-state index contributed by atoms with van der Waals surface area (Å²) in [7, 11) is 1.28. The number of hydrogen-bond acceptors (Lipinski definition) is 7. The molecule has 1 saturated heterocycles. The van der Waals surface area contributed by atoms with Gasteiger partial charge >= 0.3 is 5.97 Å². The number of amides is 1. The first kappa shape index (κ1) is 24.5. The standard InChI is InChI=1S/C27H32N4O4/c1-19-9-10-20(2)23(17-19)31-15-13-30(14-16-31)12-6-11-28-26(32)22-8-5-4-7-21(22)25-24(27(33)34-3)29-18-35-25/h4-5,7-10,17-18H,6,11-16H2,1-3H3,(H,28,32). The summed E-state index contributed by atoms with van der Waals surface area (Å²) in [6.45, 7) is 9.81. The highest BCUT2D eigenvalue weighted by Crippen LogP contribution is 2.27. The molecule has 1 aromatic heterocycles. The van der Waals surface area contributed by atoms with E-state index in [0.717, 1.165) is 39.1 Å². The minimum atomic E-state index is -0.610. The van der Waals surface area contributed by atoms with Crippen molar-refractivity contribution in [3.8, 4) is 11.3 Å². The zero-order chi connectivity index (χ0) is 24.8. The Labute approximate surface area is 205 Å². The minimum Gasteiger partial charge on any atom is -0.464 e. The smallest absolute Gasteiger partial charge is 0.360 e. The molecule has 0 saturated carbocycles. The number of methoxy groups -OCH3 is 1. The number of carbonyl (C=O) groups is 2. The fourth-order valence-electron chi connectivity index (χ4n) is 4.43. The van der Waals surface area contributed by atoms with Crippen LogP contribution in [0.3, 0.4) is 0 Å². The number of piperazine rings is 1. The molecule has 0 atom stereocenters. The van der Waals surface area contributed by atoms with Crippen molar-refractivity contribution >= 4 is 17.6 Å². The van der Waals surface area contributed by atoms with E-state index in [4.69, 9.17) is 9.15 Å². The van der Waals surface area contributed by atoms with Crippen molar-refractivity contribution in [2.45, 2.75) is 20.3 Å². The summed E-state index contributed by atoms with van der Waals surface area (Å²) in [5, 5.41) is 3.00. The molecule has 2 aromatic carbocycles. The van der Waals surface area contributed by atoms with Crippen molar-refractivity contribution in [1.29, 1.82) is 0 Å². The Bertz CT molecular complexity index is 1180. The second-order valence-corrected chi connectivity index (χ2v) is 8.80. The van der Waals surface area contributed by atoms with Crippen molar-refractivity contribution in [3.63, 3.8) is 0 Å². The van der Waals surface area contributed by atoms with E-state index in [2.05, 4.69) is 52.1 Å². The van der Waals surface area contributed by atoms with E-state index in [1.54, 1.807) is 24.3 Å². The Balaban J connectivity index is 1.28. The van der Waals surface area contributed by atoms with Gasteiger partial charge in [0.2, 0.25) is 0 Å². The molecule has 0 unspecified atom stereocenters. The zero-order valence-electron chi connectivity index (χ0n) is 20.5. The van der Waals surface area contributed by atoms with Gasteiger partial charge in [-0.1, -0.05) is 30.3 Å². The van der Waals surface area contributed by atoms with Gasteiger partial charge in [-0.2, -0.15) is 0 Å². The van der Waals surface area contributed by atoms with E-state index in [1.807, 2.05) is 0 Å². The molecule has 3 aromatic rings. The number of rotatable bonds is 8. The number of nitrogens with one attached hydrogen (secondary N) is 1. The van der Waals surface area contributed by atoms with Gasteiger partial charge in [-0.05, 0) is 50.1 Å². The van der Waals surface area contributed by atoms with Crippen LogP contribution in [0.4, 0.5) is 5.69 Å². The van der Waals surface area contributed by atoms with Gasteiger partial charge in [0.25, 0.3) is 5.91 Å². The Hall–Kier alpha value is -3.65. The predicted molar refractivity (Wildman–Crippen MR) is 135 cm³/mol. The number of hydrogen-bond donors (Lipinski definition) is 1. The zero-order valence-corrected chi connectivity index (χ0v) is 20.5. The largest absolute Gasteiger partial charge is 0.464 e. The van der Waals surface area contributed by atoms with Crippen LogP contribution in [0.15, 0.2) is 53.3 Å². The van der Waals surface area contributed by atoms with E-state index in [0.29, 0.717) is 17.7 Å². The van der Waals surface area contributed by atoms with E-state index in [9.17, 15) is 9.59 Å². The maximum absolute atomic E-state index is 12.9. The van der Waals surface area contributed by atoms with Gasteiger partial charge in [0.05, 0.1) is 12.7 Å².